The number of aldehydes is 1. The highest BCUT2D eigenvalue weighted by atomic mass is 16.5. The molecule has 0 radical (unpaired) electrons. The van der Waals surface area contributed by atoms with Crippen LogP contribution in [0.15, 0.2) is 36.4 Å². The molecule has 2 unspecified atom stereocenters. The predicted molar refractivity (Wildman–Crippen MR) is 102 cm³/mol. The third kappa shape index (κ3) is 1.92. The van der Waals surface area contributed by atoms with Crippen LogP contribution in [0.3, 0.4) is 0 Å². The van der Waals surface area contributed by atoms with Crippen LogP contribution in [0.5, 0.6) is 0 Å². The second-order valence-electron chi connectivity index (χ2n) is 8.08. The van der Waals surface area contributed by atoms with Gasteiger partial charge in [0.1, 0.15) is 6.29 Å². The molecular formula is C22H18N2O4. The molecule has 6 nitrogen and oxygen atoms in total. The normalized spacial score (nSPS) is 33.4. The molecule has 0 aliphatic carbocycles. The Kier molecular flexibility index (Phi) is 3.35. The summed E-state index contributed by atoms with van der Waals surface area (Å²) < 4.78 is 6.16. The van der Waals surface area contributed by atoms with E-state index in [1.54, 1.807) is 12.1 Å². The molecule has 140 valence electrons. The Balaban J connectivity index is 1.68. The van der Waals surface area contributed by atoms with Gasteiger partial charge in [0.15, 0.2) is 5.69 Å². The minimum Gasteiger partial charge on any atom is -0.367 e. The Labute approximate surface area is 161 Å². The van der Waals surface area contributed by atoms with Gasteiger partial charge in [0.05, 0.1) is 35.3 Å². The van der Waals surface area contributed by atoms with Crippen molar-refractivity contribution in [3.05, 3.63) is 47.8 Å². The van der Waals surface area contributed by atoms with Gasteiger partial charge in [-0.3, -0.25) is 9.59 Å². The molecular weight excluding hydrogens is 356 g/mol. The Morgan fingerprint density at radius 2 is 1.86 bits per heavy atom. The molecule has 28 heavy (non-hydrogen) atoms. The first kappa shape index (κ1) is 17.1. The van der Waals surface area contributed by atoms with E-state index in [9.17, 15) is 14.4 Å². The lowest BCUT2D eigenvalue weighted by Gasteiger charge is -2.29. The quantitative estimate of drug-likeness (QED) is 0.469. The van der Waals surface area contributed by atoms with Crippen molar-refractivity contribution in [2.45, 2.75) is 37.4 Å². The van der Waals surface area contributed by atoms with Crippen LogP contribution in [0.25, 0.3) is 15.6 Å². The summed E-state index contributed by atoms with van der Waals surface area (Å²) in [5.74, 6) is -1.79. The van der Waals surface area contributed by atoms with E-state index >= 15 is 0 Å². The fraction of sp³-hybridized carbons (Fsp3) is 0.364. The second-order valence-corrected chi connectivity index (χ2v) is 8.08. The van der Waals surface area contributed by atoms with Crippen molar-refractivity contribution < 1.29 is 19.1 Å². The van der Waals surface area contributed by atoms with E-state index in [0.717, 1.165) is 6.29 Å². The van der Waals surface area contributed by atoms with Crippen molar-refractivity contribution in [3.63, 3.8) is 0 Å². The fourth-order valence-corrected chi connectivity index (χ4v) is 5.49. The zero-order chi connectivity index (χ0) is 19.7. The highest BCUT2D eigenvalue weighted by Crippen LogP contribution is 2.62. The minimum absolute atomic E-state index is 0.119. The standard InChI is InChI=1S/C22H18N2O4/c1-21-9-10-22(28-21,11-12-25)18-17(21)19(26)24(20(18)27)16-8-7-15(23-2)13-5-3-4-6-14(13)16/h3-8,12,17-18H,9-11H2,1H3/t17-,18+,21?,22?/m1/s1. The Morgan fingerprint density at radius 3 is 2.57 bits per heavy atom. The van der Waals surface area contributed by atoms with Gasteiger partial charge in [0.2, 0.25) is 11.8 Å². The van der Waals surface area contributed by atoms with Crippen molar-refractivity contribution in [1.29, 1.82) is 0 Å². The molecule has 0 aromatic heterocycles. The maximum atomic E-state index is 13.5. The van der Waals surface area contributed by atoms with Gasteiger partial charge in [0, 0.05) is 6.42 Å². The number of carbonyl (C=O) groups excluding carboxylic acids is 3. The van der Waals surface area contributed by atoms with Gasteiger partial charge in [-0.1, -0.05) is 30.3 Å². The molecule has 3 aliphatic heterocycles. The zero-order valence-electron chi connectivity index (χ0n) is 15.3. The third-order valence-corrected chi connectivity index (χ3v) is 6.68. The van der Waals surface area contributed by atoms with Crippen LogP contribution in [-0.4, -0.2) is 29.3 Å². The van der Waals surface area contributed by atoms with Gasteiger partial charge >= 0.3 is 0 Å². The third-order valence-electron chi connectivity index (χ3n) is 6.68. The topological polar surface area (TPSA) is 68.0 Å². The fourth-order valence-electron chi connectivity index (χ4n) is 5.49. The van der Waals surface area contributed by atoms with Crippen LogP contribution in [0, 0.1) is 18.4 Å². The summed E-state index contributed by atoms with van der Waals surface area (Å²) in [6.45, 7) is 9.25. The van der Waals surface area contributed by atoms with Crippen molar-refractivity contribution in [2.24, 2.45) is 11.8 Å². The first-order valence-corrected chi connectivity index (χ1v) is 9.37. The summed E-state index contributed by atoms with van der Waals surface area (Å²) in [6, 6.07) is 10.6. The molecule has 0 spiro atoms. The Bertz CT molecular complexity index is 1100. The molecule has 3 aliphatic rings. The Morgan fingerprint density at radius 1 is 1.14 bits per heavy atom. The van der Waals surface area contributed by atoms with Crippen molar-refractivity contribution >= 4 is 40.2 Å². The van der Waals surface area contributed by atoms with E-state index in [0.29, 0.717) is 35.0 Å². The van der Waals surface area contributed by atoms with Crippen LogP contribution >= 0.6 is 0 Å². The predicted octanol–water partition coefficient (Wildman–Crippen LogP) is 3.41. The second kappa shape index (κ2) is 5.49. The van der Waals surface area contributed by atoms with Crippen LogP contribution < -0.4 is 4.90 Å². The Hall–Kier alpha value is -3.04. The molecule has 4 atom stereocenters. The number of benzene rings is 2. The van der Waals surface area contributed by atoms with Gasteiger partial charge in [-0.25, -0.2) is 9.74 Å². The van der Waals surface area contributed by atoms with Gasteiger partial charge in [-0.15, -0.1) is 0 Å². The van der Waals surface area contributed by atoms with Crippen LogP contribution in [-0.2, 0) is 19.1 Å². The number of nitrogens with zero attached hydrogens (tertiary/aromatic N) is 2. The van der Waals surface area contributed by atoms with Crippen LogP contribution in [0.4, 0.5) is 11.4 Å². The molecule has 2 bridgehead atoms. The van der Waals surface area contributed by atoms with E-state index in [1.165, 1.54) is 4.90 Å². The van der Waals surface area contributed by atoms with E-state index < -0.39 is 23.0 Å². The number of anilines is 1. The minimum atomic E-state index is -0.880. The zero-order valence-corrected chi connectivity index (χ0v) is 15.3. The van der Waals surface area contributed by atoms with Crippen molar-refractivity contribution in [1.82, 2.24) is 0 Å². The van der Waals surface area contributed by atoms with Crippen LogP contribution in [0.1, 0.15) is 26.2 Å². The molecule has 6 heteroatoms. The lowest BCUT2D eigenvalue weighted by molar-refractivity contribution is -0.131. The first-order chi connectivity index (χ1) is 13.5. The molecule has 0 saturated carbocycles. The van der Waals surface area contributed by atoms with E-state index in [2.05, 4.69) is 4.85 Å². The number of fused-ring (bicyclic) bond motifs is 6. The molecule has 2 aromatic rings. The number of rotatable bonds is 3. The van der Waals surface area contributed by atoms with Crippen LogP contribution in [0.2, 0.25) is 0 Å². The maximum Gasteiger partial charge on any atom is 0.240 e. The molecule has 5 rings (SSSR count). The SMILES string of the molecule is [C-]#[N+]c1ccc(N2C(=O)[C@@H]3[C@H](C2=O)C2(C)CCC3(CC=O)O2)c2ccccc12. The van der Waals surface area contributed by atoms with Gasteiger partial charge in [-0.05, 0) is 36.6 Å². The first-order valence-electron chi connectivity index (χ1n) is 9.37. The number of ether oxygens (including phenoxy) is 1. The van der Waals surface area contributed by atoms with Crippen molar-refractivity contribution in [2.75, 3.05) is 4.90 Å². The van der Waals surface area contributed by atoms with Gasteiger partial charge < -0.3 is 9.53 Å². The summed E-state index contributed by atoms with van der Waals surface area (Å²) >= 11 is 0. The smallest absolute Gasteiger partial charge is 0.240 e. The number of carbonyl (C=O) groups is 3. The molecule has 2 aromatic carbocycles. The van der Waals surface area contributed by atoms with Crippen molar-refractivity contribution in [3.8, 4) is 0 Å². The molecule has 3 heterocycles. The largest absolute Gasteiger partial charge is 0.367 e. The summed E-state index contributed by atoms with van der Waals surface area (Å²) in [7, 11) is 0. The molecule has 0 N–H and O–H groups in total. The highest BCUT2D eigenvalue weighted by Gasteiger charge is 2.73. The molecule has 3 saturated heterocycles. The number of amides is 2. The molecule has 2 amide bonds. The summed E-state index contributed by atoms with van der Waals surface area (Å²) in [6.07, 6.45) is 2.17. The summed E-state index contributed by atoms with van der Waals surface area (Å²) in [4.78, 5) is 43.0. The monoisotopic (exact) mass is 374 g/mol. The summed E-state index contributed by atoms with van der Waals surface area (Å²) in [5, 5.41) is 1.40. The number of imide groups is 1. The summed E-state index contributed by atoms with van der Waals surface area (Å²) in [5.41, 5.74) is -0.626. The van der Waals surface area contributed by atoms with Gasteiger partial charge in [0.25, 0.3) is 0 Å². The highest BCUT2D eigenvalue weighted by molar-refractivity contribution is 6.26. The lowest BCUT2D eigenvalue weighted by Crippen LogP contribution is -2.42. The lowest BCUT2D eigenvalue weighted by atomic mass is 9.67. The molecule has 3 fully saturated rings. The average molecular weight is 374 g/mol. The van der Waals surface area contributed by atoms with E-state index in [-0.39, 0.29) is 18.2 Å². The number of hydrogen-bond acceptors (Lipinski definition) is 4. The van der Waals surface area contributed by atoms with E-state index in [4.69, 9.17) is 11.3 Å². The average Bonchev–Trinajstić information content (AvgIpc) is 3.26. The van der Waals surface area contributed by atoms with Gasteiger partial charge in [-0.2, -0.15) is 0 Å². The van der Waals surface area contributed by atoms with E-state index in [1.807, 2.05) is 31.2 Å². The number of hydrogen-bond donors (Lipinski definition) is 0. The maximum absolute atomic E-state index is 13.5.